The van der Waals surface area contributed by atoms with Gasteiger partial charge in [0.05, 0.1) is 6.04 Å². The van der Waals surface area contributed by atoms with Crippen molar-refractivity contribution in [2.24, 2.45) is 5.73 Å². The molecule has 0 amide bonds. The van der Waals surface area contributed by atoms with Crippen molar-refractivity contribution in [2.75, 3.05) is 6.54 Å². The van der Waals surface area contributed by atoms with Gasteiger partial charge in [-0.15, -0.1) is 11.3 Å². The lowest BCUT2D eigenvalue weighted by Crippen LogP contribution is -2.34. The molecule has 1 aromatic heterocycles. The van der Waals surface area contributed by atoms with E-state index in [1.54, 1.807) is 0 Å². The van der Waals surface area contributed by atoms with E-state index >= 15 is 0 Å². The minimum atomic E-state index is 0.324. The number of hydrogen-bond donors (Lipinski definition) is 2. The molecule has 86 valence electrons. The Morgan fingerprint density at radius 3 is 2.60 bits per heavy atom. The van der Waals surface area contributed by atoms with E-state index in [2.05, 4.69) is 38.2 Å². The van der Waals surface area contributed by atoms with Gasteiger partial charge in [0.25, 0.3) is 0 Å². The Labute approximate surface area is 96.9 Å². The zero-order valence-corrected chi connectivity index (χ0v) is 10.7. The summed E-state index contributed by atoms with van der Waals surface area (Å²) in [6.07, 6.45) is 2.26. The zero-order chi connectivity index (χ0) is 11.3. The fourth-order valence-electron chi connectivity index (χ4n) is 1.50. The van der Waals surface area contributed by atoms with E-state index in [0.29, 0.717) is 18.6 Å². The summed E-state index contributed by atoms with van der Waals surface area (Å²) >= 11 is 1.88. The van der Waals surface area contributed by atoms with Crippen LogP contribution < -0.4 is 11.1 Å². The molecular weight excluding hydrogens is 204 g/mol. The lowest BCUT2D eigenvalue weighted by atomic mass is 10.2. The SMILES string of the molecule is CCc1ccc(C(CN)NC(C)CC)s1. The molecule has 15 heavy (non-hydrogen) atoms. The topological polar surface area (TPSA) is 38.0 Å². The molecule has 0 aliphatic carbocycles. The highest BCUT2D eigenvalue weighted by atomic mass is 32.1. The van der Waals surface area contributed by atoms with Crippen molar-refractivity contribution < 1.29 is 0 Å². The van der Waals surface area contributed by atoms with E-state index in [0.717, 1.165) is 12.8 Å². The average Bonchev–Trinajstić information content (AvgIpc) is 2.73. The molecule has 3 N–H and O–H groups in total. The molecule has 0 aliphatic rings. The summed E-state index contributed by atoms with van der Waals surface area (Å²) in [6, 6.07) is 5.27. The van der Waals surface area contributed by atoms with E-state index in [1.165, 1.54) is 9.75 Å². The molecule has 1 aromatic rings. The van der Waals surface area contributed by atoms with Gasteiger partial charge in [-0.2, -0.15) is 0 Å². The first-order valence-corrected chi connectivity index (χ1v) is 6.57. The second-order valence-electron chi connectivity index (χ2n) is 3.92. The highest BCUT2D eigenvalue weighted by Gasteiger charge is 2.13. The number of nitrogens with one attached hydrogen (secondary N) is 1. The van der Waals surface area contributed by atoms with Crippen LogP contribution >= 0.6 is 11.3 Å². The Morgan fingerprint density at radius 1 is 1.40 bits per heavy atom. The molecule has 3 heteroatoms. The molecule has 0 bridgehead atoms. The Hall–Kier alpha value is -0.380. The Kier molecular flexibility index (Phi) is 5.29. The van der Waals surface area contributed by atoms with Gasteiger partial charge in [-0.3, -0.25) is 0 Å². The van der Waals surface area contributed by atoms with Gasteiger partial charge in [0.2, 0.25) is 0 Å². The van der Waals surface area contributed by atoms with E-state index in [1.807, 2.05) is 11.3 Å². The van der Waals surface area contributed by atoms with Gasteiger partial charge in [-0.05, 0) is 31.9 Å². The van der Waals surface area contributed by atoms with Crippen LogP contribution in [0.1, 0.15) is 43.0 Å². The van der Waals surface area contributed by atoms with Crippen LogP contribution in [0.5, 0.6) is 0 Å². The van der Waals surface area contributed by atoms with Crippen LogP contribution in [0, 0.1) is 0 Å². The van der Waals surface area contributed by atoms with E-state index in [4.69, 9.17) is 5.73 Å². The summed E-state index contributed by atoms with van der Waals surface area (Å²) < 4.78 is 0. The van der Waals surface area contributed by atoms with Crippen molar-refractivity contribution in [1.29, 1.82) is 0 Å². The molecule has 0 saturated heterocycles. The third-order valence-electron chi connectivity index (χ3n) is 2.71. The highest BCUT2D eigenvalue weighted by molar-refractivity contribution is 7.12. The fraction of sp³-hybridized carbons (Fsp3) is 0.667. The summed E-state index contributed by atoms with van der Waals surface area (Å²) in [5.74, 6) is 0. The molecule has 0 aromatic carbocycles. The predicted octanol–water partition coefficient (Wildman–Crippen LogP) is 2.70. The fourth-order valence-corrected chi connectivity index (χ4v) is 2.53. The molecule has 1 heterocycles. The smallest absolute Gasteiger partial charge is 0.0541 e. The monoisotopic (exact) mass is 226 g/mol. The summed E-state index contributed by atoms with van der Waals surface area (Å²) in [5.41, 5.74) is 5.80. The maximum atomic E-state index is 5.80. The first-order chi connectivity index (χ1) is 7.21. The first kappa shape index (κ1) is 12.7. The van der Waals surface area contributed by atoms with Crippen LogP contribution in [0.25, 0.3) is 0 Å². The van der Waals surface area contributed by atoms with Crippen LogP contribution in [-0.4, -0.2) is 12.6 Å². The van der Waals surface area contributed by atoms with Crippen LogP contribution in [0.3, 0.4) is 0 Å². The van der Waals surface area contributed by atoms with E-state index in [-0.39, 0.29) is 0 Å². The van der Waals surface area contributed by atoms with Crippen molar-refractivity contribution in [3.05, 3.63) is 21.9 Å². The second-order valence-corrected chi connectivity index (χ2v) is 5.12. The Balaban J connectivity index is 2.65. The normalized spacial score (nSPS) is 15.2. The number of nitrogens with two attached hydrogens (primary N) is 1. The number of thiophene rings is 1. The van der Waals surface area contributed by atoms with Crippen LogP contribution in [0.15, 0.2) is 12.1 Å². The second kappa shape index (κ2) is 6.26. The minimum Gasteiger partial charge on any atom is -0.329 e. The van der Waals surface area contributed by atoms with Crippen LogP contribution in [0.2, 0.25) is 0 Å². The zero-order valence-electron chi connectivity index (χ0n) is 9.92. The van der Waals surface area contributed by atoms with Gasteiger partial charge < -0.3 is 11.1 Å². The number of hydrogen-bond acceptors (Lipinski definition) is 3. The van der Waals surface area contributed by atoms with Crippen molar-refractivity contribution >= 4 is 11.3 Å². The molecule has 2 atom stereocenters. The molecule has 0 aliphatic heterocycles. The summed E-state index contributed by atoms with van der Waals surface area (Å²) in [4.78, 5) is 2.81. The molecule has 0 saturated carbocycles. The van der Waals surface area contributed by atoms with E-state index < -0.39 is 0 Å². The maximum Gasteiger partial charge on any atom is 0.0541 e. The molecular formula is C12H22N2S. The average molecular weight is 226 g/mol. The lowest BCUT2D eigenvalue weighted by molar-refractivity contribution is 0.456. The van der Waals surface area contributed by atoms with Gasteiger partial charge in [0, 0.05) is 22.3 Å². The highest BCUT2D eigenvalue weighted by Crippen LogP contribution is 2.23. The van der Waals surface area contributed by atoms with Gasteiger partial charge in [0.15, 0.2) is 0 Å². The Bertz CT molecular complexity index is 283. The third-order valence-corrected chi connectivity index (χ3v) is 4.05. The molecule has 0 radical (unpaired) electrons. The van der Waals surface area contributed by atoms with Gasteiger partial charge >= 0.3 is 0 Å². The van der Waals surface area contributed by atoms with E-state index in [9.17, 15) is 0 Å². The Morgan fingerprint density at radius 2 is 2.13 bits per heavy atom. The number of rotatable bonds is 6. The van der Waals surface area contributed by atoms with Gasteiger partial charge in [0.1, 0.15) is 0 Å². The predicted molar refractivity (Wildman–Crippen MR) is 68.4 cm³/mol. The summed E-state index contributed by atoms with van der Waals surface area (Å²) in [6.45, 7) is 7.26. The van der Waals surface area contributed by atoms with Crippen molar-refractivity contribution in [1.82, 2.24) is 5.32 Å². The maximum absolute atomic E-state index is 5.80. The number of aryl methyl sites for hydroxylation is 1. The molecule has 0 spiro atoms. The first-order valence-electron chi connectivity index (χ1n) is 5.75. The van der Waals surface area contributed by atoms with Crippen LogP contribution in [0.4, 0.5) is 0 Å². The minimum absolute atomic E-state index is 0.324. The van der Waals surface area contributed by atoms with Crippen molar-refractivity contribution in [3.8, 4) is 0 Å². The molecule has 1 rings (SSSR count). The van der Waals surface area contributed by atoms with Gasteiger partial charge in [-0.25, -0.2) is 0 Å². The quantitative estimate of drug-likeness (QED) is 0.782. The molecule has 2 unspecified atom stereocenters. The van der Waals surface area contributed by atoms with Crippen LogP contribution in [-0.2, 0) is 6.42 Å². The lowest BCUT2D eigenvalue weighted by Gasteiger charge is -2.20. The van der Waals surface area contributed by atoms with Gasteiger partial charge in [-0.1, -0.05) is 13.8 Å². The van der Waals surface area contributed by atoms with Crippen molar-refractivity contribution in [2.45, 2.75) is 45.7 Å². The third kappa shape index (κ3) is 3.59. The largest absolute Gasteiger partial charge is 0.329 e. The summed E-state index contributed by atoms with van der Waals surface area (Å²) in [5, 5.41) is 3.56. The summed E-state index contributed by atoms with van der Waals surface area (Å²) in [7, 11) is 0. The molecule has 0 fully saturated rings. The molecule has 2 nitrogen and oxygen atoms in total. The van der Waals surface area contributed by atoms with Crippen molar-refractivity contribution in [3.63, 3.8) is 0 Å². The standard InChI is InChI=1S/C12H22N2S/c1-4-9(3)14-11(8-13)12-7-6-10(5-2)15-12/h6-7,9,11,14H,4-5,8,13H2,1-3H3.